The van der Waals surface area contributed by atoms with Gasteiger partial charge in [-0.05, 0) is 46.4 Å². The van der Waals surface area contributed by atoms with Crippen LogP contribution in [-0.2, 0) is 32.6 Å². The molecule has 0 radical (unpaired) electrons. The molecule has 2 aliphatic rings. The standard InChI is InChI=1S/C12H15NO2S.C5H11ClO.C5H11N2S2.Ru/c1-10-5-6-12(9-11(10)2)16(14,15)13-7-3-4-8-13;1-4(2)7-5(3)6;1-8-6-3-4-7(5-6)9-2;/h2,5-6,9H,3-4,7-8H2,1H3;4-5H,1-3H3;5H,3-4H2,1-2H3;/q;;-1;+1/t;5-;;/m.0../s1. The quantitative estimate of drug-likeness (QED) is 0.188. The molecule has 2 saturated heterocycles. The number of alkyl halides is 1. The summed E-state index contributed by atoms with van der Waals surface area (Å²) in [5.74, 6) is 0. The summed E-state index contributed by atoms with van der Waals surface area (Å²) in [6, 6.07) is 5.31. The Bertz CT molecular complexity index is 806. The van der Waals surface area contributed by atoms with Gasteiger partial charge in [0.15, 0.2) is 0 Å². The SMILES string of the molecule is CC(C)O[C@@H](C)Cl.CSN1[CH-]N(SC)CC1.Cc1ccc(S(=O)(=O)N2CCCC2)cc1[CH]=[Ru+]. The molecule has 2 fully saturated rings. The fourth-order valence-electron chi connectivity index (χ4n) is 3.07. The van der Waals surface area contributed by atoms with E-state index in [1.165, 1.54) is 0 Å². The molecule has 0 spiro atoms. The number of nitrogens with zero attached hydrogens (tertiary/aromatic N) is 3. The van der Waals surface area contributed by atoms with Gasteiger partial charge in [0.25, 0.3) is 0 Å². The molecular formula is C22H37ClN3O3RuS3. The second-order valence-corrected chi connectivity index (χ2v) is 12.4. The molecular weight excluding hydrogens is 587 g/mol. The number of halogens is 1. The van der Waals surface area contributed by atoms with Gasteiger partial charge in [-0.15, -0.1) is 23.9 Å². The van der Waals surface area contributed by atoms with Crippen LogP contribution in [-0.4, -0.2) is 76.3 Å². The third-order valence-corrected chi connectivity index (χ3v) is 8.82. The van der Waals surface area contributed by atoms with Gasteiger partial charge in [0.1, 0.15) is 5.56 Å². The Kier molecular flexibility index (Phi) is 15.6. The molecule has 33 heavy (non-hydrogen) atoms. The molecule has 11 heteroatoms. The van der Waals surface area contributed by atoms with E-state index in [1.807, 2.05) is 38.4 Å². The van der Waals surface area contributed by atoms with Crippen molar-refractivity contribution in [3.8, 4) is 0 Å². The number of rotatable bonds is 7. The molecule has 2 heterocycles. The zero-order valence-corrected chi connectivity index (χ0v) is 25.3. The predicted molar refractivity (Wildman–Crippen MR) is 141 cm³/mol. The minimum atomic E-state index is -3.28. The second-order valence-electron chi connectivity index (χ2n) is 7.72. The van der Waals surface area contributed by atoms with Crippen molar-refractivity contribution in [2.45, 2.75) is 57.1 Å². The van der Waals surface area contributed by atoms with Crippen LogP contribution >= 0.6 is 35.5 Å². The van der Waals surface area contributed by atoms with Gasteiger partial charge in [0, 0.05) is 0 Å². The summed E-state index contributed by atoms with van der Waals surface area (Å²) in [6.07, 6.45) is 6.37. The predicted octanol–water partition coefficient (Wildman–Crippen LogP) is 4.75. The van der Waals surface area contributed by atoms with E-state index in [2.05, 4.69) is 45.6 Å². The van der Waals surface area contributed by atoms with Crippen molar-refractivity contribution in [3.05, 3.63) is 36.0 Å². The molecule has 0 N–H and O–H groups in total. The van der Waals surface area contributed by atoms with Crippen LogP contribution in [0.3, 0.4) is 0 Å². The van der Waals surface area contributed by atoms with Gasteiger partial charge in [-0.2, -0.15) is 6.67 Å². The summed E-state index contributed by atoms with van der Waals surface area (Å²) >= 11 is 11.4. The Morgan fingerprint density at radius 3 is 2.00 bits per heavy atom. The van der Waals surface area contributed by atoms with Crippen molar-refractivity contribution in [1.29, 1.82) is 0 Å². The molecule has 3 rings (SSSR count). The first kappa shape index (κ1) is 31.5. The Morgan fingerprint density at radius 2 is 1.64 bits per heavy atom. The Hall–Kier alpha value is 0.493. The van der Waals surface area contributed by atoms with E-state index in [4.69, 9.17) is 16.3 Å². The van der Waals surface area contributed by atoms with E-state index in [9.17, 15) is 8.42 Å². The molecule has 0 amide bonds. The molecule has 1 aromatic rings. The molecule has 0 aromatic heterocycles. The molecule has 0 saturated carbocycles. The number of hydrogen-bond donors (Lipinski definition) is 0. The van der Waals surface area contributed by atoms with E-state index in [0.717, 1.165) is 37.1 Å². The van der Waals surface area contributed by atoms with Gasteiger partial charge in [0.05, 0.1) is 6.10 Å². The molecule has 1 aromatic carbocycles. The zero-order valence-electron chi connectivity index (χ0n) is 20.3. The number of benzene rings is 1. The van der Waals surface area contributed by atoms with Crippen LogP contribution in [0.1, 0.15) is 44.7 Å². The molecule has 0 bridgehead atoms. The van der Waals surface area contributed by atoms with Crippen molar-refractivity contribution < 1.29 is 31.0 Å². The fraction of sp³-hybridized carbons (Fsp3) is 0.636. The van der Waals surface area contributed by atoms with Gasteiger partial charge in [-0.25, -0.2) is 0 Å². The van der Waals surface area contributed by atoms with Crippen molar-refractivity contribution >= 4 is 50.1 Å². The second kappa shape index (κ2) is 16.3. The fourth-order valence-corrected chi connectivity index (χ4v) is 6.38. The van der Waals surface area contributed by atoms with Crippen LogP contribution in [0.15, 0.2) is 23.1 Å². The topological polar surface area (TPSA) is 53.1 Å². The average molecular weight is 624 g/mol. The van der Waals surface area contributed by atoms with E-state index in [0.29, 0.717) is 18.0 Å². The monoisotopic (exact) mass is 624 g/mol. The molecule has 1 atom stereocenters. The molecule has 6 nitrogen and oxygen atoms in total. The third-order valence-electron chi connectivity index (χ3n) is 4.79. The summed E-state index contributed by atoms with van der Waals surface area (Å²) in [5.41, 5.74) is 1.89. The number of ether oxygens (including phenoxy) is 1. The molecule has 191 valence electrons. The zero-order chi connectivity index (χ0) is 25.0. The van der Waals surface area contributed by atoms with E-state index in [-0.39, 0.29) is 11.7 Å². The third kappa shape index (κ3) is 11.4. The summed E-state index contributed by atoms with van der Waals surface area (Å²) in [7, 11) is -3.28. The van der Waals surface area contributed by atoms with Crippen molar-refractivity contribution in [3.63, 3.8) is 0 Å². The normalized spacial score (nSPS) is 18.4. The van der Waals surface area contributed by atoms with Crippen molar-refractivity contribution in [1.82, 2.24) is 12.9 Å². The van der Waals surface area contributed by atoms with E-state index in [1.54, 1.807) is 40.3 Å². The van der Waals surface area contributed by atoms with Gasteiger partial charge in [-0.1, -0.05) is 11.6 Å². The average Bonchev–Trinajstić information content (AvgIpc) is 3.46. The van der Waals surface area contributed by atoms with Gasteiger partial charge < -0.3 is 13.3 Å². The minimum absolute atomic E-state index is 0.153. The Morgan fingerprint density at radius 1 is 1.09 bits per heavy atom. The van der Waals surface area contributed by atoms with Crippen LogP contribution in [0.4, 0.5) is 0 Å². The first-order valence-corrected chi connectivity index (χ1v) is 16.1. The number of aryl methyl sites for hydroxylation is 1. The first-order chi connectivity index (χ1) is 15.5. The van der Waals surface area contributed by atoms with Crippen LogP contribution in [0.2, 0.25) is 0 Å². The molecule has 2 aliphatic heterocycles. The van der Waals surface area contributed by atoms with Gasteiger partial charge in [0.2, 0.25) is 0 Å². The van der Waals surface area contributed by atoms with Crippen LogP contribution in [0.25, 0.3) is 0 Å². The summed E-state index contributed by atoms with van der Waals surface area (Å²) in [6.45, 7) is 13.5. The van der Waals surface area contributed by atoms with Crippen LogP contribution in [0.5, 0.6) is 0 Å². The van der Waals surface area contributed by atoms with Crippen molar-refractivity contribution in [2.24, 2.45) is 0 Å². The maximum absolute atomic E-state index is 12.3. The summed E-state index contributed by atoms with van der Waals surface area (Å²) in [4.78, 5) is 0.404. The van der Waals surface area contributed by atoms with E-state index >= 15 is 0 Å². The first-order valence-electron chi connectivity index (χ1n) is 10.8. The van der Waals surface area contributed by atoms with Crippen LogP contribution < -0.4 is 0 Å². The van der Waals surface area contributed by atoms with Crippen LogP contribution in [0, 0.1) is 13.6 Å². The molecule has 0 unspecified atom stereocenters. The molecule has 0 aliphatic carbocycles. The van der Waals surface area contributed by atoms with Gasteiger partial charge in [-0.3, -0.25) is 0 Å². The van der Waals surface area contributed by atoms with E-state index < -0.39 is 10.0 Å². The van der Waals surface area contributed by atoms with Gasteiger partial charge >= 0.3 is 112 Å². The summed E-state index contributed by atoms with van der Waals surface area (Å²) < 4.78 is 37.6. The Labute approximate surface area is 224 Å². The maximum atomic E-state index is 12.3. The van der Waals surface area contributed by atoms with Crippen molar-refractivity contribution in [2.75, 3.05) is 38.7 Å². The Balaban J connectivity index is 0.000000286. The summed E-state index contributed by atoms with van der Waals surface area (Å²) in [5, 5.41) is 0. The number of sulfonamides is 1. The number of hydrogen-bond acceptors (Lipinski definition) is 7.